The van der Waals surface area contributed by atoms with Crippen molar-refractivity contribution < 1.29 is 13.5 Å². The van der Waals surface area contributed by atoms with E-state index in [2.05, 4.69) is 10.5 Å². The number of methoxy groups -OCH3 is 1. The zero-order valence-electron chi connectivity index (χ0n) is 11.5. The predicted molar refractivity (Wildman–Crippen MR) is 75.0 cm³/mol. The Morgan fingerprint density at radius 1 is 1.43 bits per heavy atom. The lowest BCUT2D eigenvalue weighted by molar-refractivity contribution is 0.397. The van der Waals surface area contributed by atoms with Crippen molar-refractivity contribution in [1.29, 1.82) is 0 Å². The topological polar surface area (TPSA) is 65.1 Å². The summed E-state index contributed by atoms with van der Waals surface area (Å²) in [7, 11) is 1.47. The van der Waals surface area contributed by atoms with E-state index < -0.39 is 17.7 Å². The number of ether oxygens (including phenoxy) is 1. The summed E-state index contributed by atoms with van der Waals surface area (Å²) in [6.45, 7) is 2.39. The molecule has 0 aliphatic rings. The van der Waals surface area contributed by atoms with E-state index in [1.165, 1.54) is 13.3 Å². The highest BCUT2D eigenvalue weighted by Gasteiger charge is 2.26. The Bertz CT molecular complexity index is 626. The van der Waals surface area contributed by atoms with Crippen LogP contribution in [0.2, 0.25) is 5.02 Å². The minimum atomic E-state index is -0.825. The van der Waals surface area contributed by atoms with Crippen LogP contribution in [0.15, 0.2) is 18.3 Å². The molecule has 1 heterocycles. The number of aryl methyl sites for hydroxylation is 1. The second kappa shape index (κ2) is 6.38. The number of hydrogen-bond acceptors (Lipinski definition) is 4. The molecule has 1 atom stereocenters. The fourth-order valence-corrected chi connectivity index (χ4v) is 2.30. The van der Waals surface area contributed by atoms with Gasteiger partial charge in [0.05, 0.1) is 24.4 Å². The number of halogens is 3. The molecule has 2 rings (SSSR count). The van der Waals surface area contributed by atoms with Crippen LogP contribution >= 0.6 is 11.6 Å². The number of hydrazine groups is 1. The van der Waals surface area contributed by atoms with E-state index in [1.54, 1.807) is 4.68 Å². The summed E-state index contributed by atoms with van der Waals surface area (Å²) < 4.78 is 34.6. The average Bonchev–Trinajstić information content (AvgIpc) is 2.88. The van der Waals surface area contributed by atoms with Crippen LogP contribution in [-0.4, -0.2) is 16.9 Å². The van der Waals surface area contributed by atoms with Gasteiger partial charge in [-0.2, -0.15) is 5.10 Å². The van der Waals surface area contributed by atoms with Crippen LogP contribution in [0.5, 0.6) is 5.75 Å². The summed E-state index contributed by atoms with van der Waals surface area (Å²) in [5, 5.41) is 3.83. The molecule has 0 bridgehead atoms. The first-order valence-corrected chi connectivity index (χ1v) is 6.61. The lowest BCUT2D eigenvalue weighted by Crippen LogP contribution is -2.31. The Morgan fingerprint density at radius 2 is 2.14 bits per heavy atom. The van der Waals surface area contributed by atoms with Gasteiger partial charge in [0, 0.05) is 12.1 Å². The number of hydrogen-bond donors (Lipinski definition) is 2. The maximum absolute atomic E-state index is 14.1. The van der Waals surface area contributed by atoms with E-state index in [1.807, 2.05) is 6.92 Å². The van der Waals surface area contributed by atoms with Gasteiger partial charge in [0.1, 0.15) is 17.3 Å². The Morgan fingerprint density at radius 3 is 2.71 bits per heavy atom. The minimum absolute atomic E-state index is 0.0212. The van der Waals surface area contributed by atoms with Crippen LogP contribution in [0, 0.1) is 11.6 Å². The molecule has 0 spiro atoms. The normalized spacial score (nSPS) is 12.5. The van der Waals surface area contributed by atoms with Gasteiger partial charge in [-0.1, -0.05) is 11.6 Å². The van der Waals surface area contributed by atoms with Gasteiger partial charge in [-0.15, -0.1) is 0 Å². The average molecular weight is 317 g/mol. The van der Waals surface area contributed by atoms with Gasteiger partial charge in [0.25, 0.3) is 0 Å². The van der Waals surface area contributed by atoms with Gasteiger partial charge in [0.15, 0.2) is 5.75 Å². The van der Waals surface area contributed by atoms with Crippen LogP contribution in [0.4, 0.5) is 8.78 Å². The number of aromatic nitrogens is 2. The number of nitrogens with one attached hydrogen (secondary N) is 1. The molecular weight excluding hydrogens is 302 g/mol. The Kier molecular flexibility index (Phi) is 4.76. The van der Waals surface area contributed by atoms with Gasteiger partial charge in [-0.25, -0.2) is 14.2 Å². The molecule has 0 radical (unpaired) electrons. The molecule has 1 unspecified atom stereocenters. The fraction of sp³-hybridized carbons (Fsp3) is 0.308. The van der Waals surface area contributed by atoms with E-state index in [-0.39, 0.29) is 10.6 Å². The molecule has 1 aromatic heterocycles. The molecule has 0 fully saturated rings. The standard InChI is InChI=1S/C13H15ClF2N4O/c1-3-20-13(11(21-2)6-18-20)12(19-17)7-4-10(16)8(14)5-9(7)15/h4-6,12,19H,3,17H2,1-2H3. The molecule has 5 nitrogen and oxygen atoms in total. The summed E-state index contributed by atoms with van der Waals surface area (Å²) in [4.78, 5) is 0. The fourth-order valence-electron chi connectivity index (χ4n) is 2.15. The summed E-state index contributed by atoms with van der Waals surface area (Å²) in [5.41, 5.74) is 2.99. The van der Waals surface area contributed by atoms with E-state index in [0.717, 1.165) is 12.1 Å². The lowest BCUT2D eigenvalue weighted by Gasteiger charge is -2.20. The van der Waals surface area contributed by atoms with Crippen molar-refractivity contribution >= 4 is 11.6 Å². The van der Waals surface area contributed by atoms with Gasteiger partial charge in [0.2, 0.25) is 0 Å². The van der Waals surface area contributed by atoms with Gasteiger partial charge in [-0.3, -0.25) is 10.5 Å². The van der Waals surface area contributed by atoms with Crippen LogP contribution in [0.1, 0.15) is 24.2 Å². The molecule has 8 heteroatoms. The van der Waals surface area contributed by atoms with Crippen molar-refractivity contribution in [3.05, 3.63) is 46.2 Å². The van der Waals surface area contributed by atoms with Crippen LogP contribution in [0.25, 0.3) is 0 Å². The summed E-state index contributed by atoms with van der Waals surface area (Å²) in [6, 6.07) is 1.10. The van der Waals surface area contributed by atoms with Crippen molar-refractivity contribution in [2.75, 3.05) is 7.11 Å². The molecule has 114 valence electrons. The maximum atomic E-state index is 14.1. The smallest absolute Gasteiger partial charge is 0.161 e. The third-order valence-electron chi connectivity index (χ3n) is 3.16. The molecule has 0 aliphatic heterocycles. The van der Waals surface area contributed by atoms with Crippen LogP contribution in [-0.2, 0) is 6.54 Å². The Labute approximate surface area is 125 Å². The molecule has 2 aromatic rings. The molecular formula is C13H15ClF2N4O. The molecule has 21 heavy (non-hydrogen) atoms. The quantitative estimate of drug-likeness (QED) is 0.505. The Balaban J connectivity index is 2.60. The Hall–Kier alpha value is -1.70. The second-order valence-electron chi connectivity index (χ2n) is 4.30. The molecule has 1 aromatic carbocycles. The van der Waals surface area contributed by atoms with E-state index >= 15 is 0 Å². The zero-order chi connectivity index (χ0) is 15.6. The van der Waals surface area contributed by atoms with E-state index in [0.29, 0.717) is 18.0 Å². The largest absolute Gasteiger partial charge is 0.493 e. The summed E-state index contributed by atoms with van der Waals surface area (Å²) in [5.74, 6) is 4.56. The highest BCUT2D eigenvalue weighted by atomic mass is 35.5. The first-order valence-electron chi connectivity index (χ1n) is 6.23. The van der Waals surface area contributed by atoms with Crippen molar-refractivity contribution in [3.63, 3.8) is 0 Å². The van der Waals surface area contributed by atoms with Crippen LogP contribution in [0.3, 0.4) is 0 Å². The SMILES string of the molecule is CCn1ncc(OC)c1C(NN)c1cc(F)c(Cl)cc1F. The zero-order valence-corrected chi connectivity index (χ0v) is 12.3. The maximum Gasteiger partial charge on any atom is 0.161 e. The third kappa shape index (κ3) is 2.85. The molecule has 0 saturated heterocycles. The molecule has 3 N–H and O–H groups in total. The molecule has 0 saturated carbocycles. The number of nitrogens with two attached hydrogens (primary N) is 1. The van der Waals surface area contributed by atoms with Crippen LogP contribution < -0.4 is 16.0 Å². The summed E-state index contributed by atoms with van der Waals surface area (Å²) in [6.07, 6.45) is 1.49. The number of benzene rings is 1. The van der Waals surface area contributed by atoms with E-state index in [4.69, 9.17) is 22.2 Å². The first-order chi connectivity index (χ1) is 10.0. The molecule has 0 aliphatic carbocycles. The molecule has 0 amide bonds. The second-order valence-corrected chi connectivity index (χ2v) is 4.71. The third-order valence-corrected chi connectivity index (χ3v) is 3.44. The monoisotopic (exact) mass is 316 g/mol. The number of rotatable bonds is 5. The first kappa shape index (κ1) is 15.7. The van der Waals surface area contributed by atoms with Crippen molar-refractivity contribution in [2.24, 2.45) is 5.84 Å². The minimum Gasteiger partial charge on any atom is -0.493 e. The predicted octanol–water partition coefficient (Wildman–Crippen LogP) is 2.40. The van der Waals surface area contributed by atoms with Gasteiger partial charge < -0.3 is 4.74 Å². The van der Waals surface area contributed by atoms with Gasteiger partial charge >= 0.3 is 0 Å². The van der Waals surface area contributed by atoms with E-state index in [9.17, 15) is 8.78 Å². The highest BCUT2D eigenvalue weighted by molar-refractivity contribution is 6.30. The lowest BCUT2D eigenvalue weighted by atomic mass is 10.0. The number of nitrogens with zero attached hydrogens (tertiary/aromatic N) is 2. The van der Waals surface area contributed by atoms with Gasteiger partial charge in [-0.05, 0) is 19.1 Å². The summed E-state index contributed by atoms with van der Waals surface area (Å²) >= 11 is 5.57. The van der Waals surface area contributed by atoms with Crippen molar-refractivity contribution in [1.82, 2.24) is 15.2 Å². The van der Waals surface area contributed by atoms with Crippen molar-refractivity contribution in [3.8, 4) is 5.75 Å². The highest BCUT2D eigenvalue weighted by Crippen LogP contribution is 2.32. The van der Waals surface area contributed by atoms with Crippen molar-refractivity contribution in [2.45, 2.75) is 19.5 Å².